The fraction of sp³-hybridized carbons (Fsp3) is 0.600. The molecule has 1 heterocycles. The summed E-state index contributed by atoms with van der Waals surface area (Å²) in [6, 6.07) is 1.97. The van der Waals surface area contributed by atoms with Gasteiger partial charge in [0.2, 0.25) is 0 Å². The van der Waals surface area contributed by atoms with Crippen molar-refractivity contribution >= 4 is 23.7 Å². The zero-order valence-corrected chi connectivity index (χ0v) is 18.2. The van der Waals surface area contributed by atoms with Gasteiger partial charge < -0.3 is 14.4 Å². The van der Waals surface area contributed by atoms with Crippen molar-refractivity contribution in [2.45, 2.75) is 46.0 Å². The third-order valence-electron chi connectivity index (χ3n) is 4.42. The lowest BCUT2D eigenvalue weighted by Gasteiger charge is -2.36. The maximum atomic E-state index is 13.6. The molecule has 1 saturated heterocycles. The van der Waals surface area contributed by atoms with E-state index in [1.807, 2.05) is 0 Å². The number of nitrogens with zero attached hydrogens (tertiary/aromatic N) is 2. The Morgan fingerprint density at radius 1 is 1.10 bits per heavy atom. The molecule has 6 nitrogen and oxygen atoms in total. The van der Waals surface area contributed by atoms with Gasteiger partial charge in [0.05, 0.1) is 17.7 Å². The first-order chi connectivity index (χ1) is 13.8. The molecule has 1 aromatic carbocycles. The molecule has 1 aliphatic heterocycles. The molecule has 1 fully saturated rings. The molecule has 0 bridgehead atoms. The summed E-state index contributed by atoms with van der Waals surface area (Å²) in [6.07, 6.45) is -5.13. The highest BCUT2D eigenvalue weighted by molar-refractivity contribution is 6.31. The van der Waals surface area contributed by atoms with Crippen molar-refractivity contribution in [3.05, 3.63) is 33.8 Å². The van der Waals surface area contributed by atoms with E-state index in [0.29, 0.717) is 26.2 Å². The van der Waals surface area contributed by atoms with Crippen LogP contribution in [0.15, 0.2) is 12.1 Å². The average Bonchev–Trinajstić information content (AvgIpc) is 2.61. The fourth-order valence-electron chi connectivity index (χ4n) is 3.02. The number of halogens is 4. The maximum absolute atomic E-state index is 13.6. The minimum absolute atomic E-state index is 0.0431. The summed E-state index contributed by atoms with van der Waals surface area (Å²) in [6.45, 7) is 8.24. The zero-order chi connectivity index (χ0) is 22.7. The number of ether oxygens (including phenoxy) is 2. The monoisotopic (exact) mass is 450 g/mol. The van der Waals surface area contributed by atoms with Crippen LogP contribution in [-0.4, -0.2) is 60.2 Å². The van der Waals surface area contributed by atoms with E-state index in [-0.39, 0.29) is 29.3 Å². The molecule has 0 spiro atoms. The number of carbonyl (C=O) groups is 2. The van der Waals surface area contributed by atoms with Gasteiger partial charge in [0.25, 0.3) is 0 Å². The first-order valence-electron chi connectivity index (χ1n) is 9.59. The van der Waals surface area contributed by atoms with Gasteiger partial charge in [0.1, 0.15) is 5.60 Å². The first kappa shape index (κ1) is 24.3. The summed E-state index contributed by atoms with van der Waals surface area (Å²) < 4.78 is 51.0. The van der Waals surface area contributed by atoms with Crippen LogP contribution in [0.3, 0.4) is 0 Å². The van der Waals surface area contributed by atoms with Gasteiger partial charge in [0.15, 0.2) is 0 Å². The highest BCUT2D eigenvalue weighted by Crippen LogP contribution is 2.37. The van der Waals surface area contributed by atoms with E-state index in [1.54, 1.807) is 32.6 Å². The molecule has 0 N–H and O–H groups in total. The predicted octanol–water partition coefficient (Wildman–Crippen LogP) is 4.59. The largest absolute Gasteiger partial charge is 0.462 e. The quantitative estimate of drug-likeness (QED) is 0.628. The highest BCUT2D eigenvalue weighted by Gasteiger charge is 2.36. The molecule has 1 aliphatic rings. The van der Waals surface area contributed by atoms with Gasteiger partial charge in [-0.3, -0.25) is 4.90 Å². The average molecular weight is 451 g/mol. The lowest BCUT2D eigenvalue weighted by atomic mass is 10.0. The Labute approximate surface area is 178 Å². The molecule has 10 heteroatoms. The van der Waals surface area contributed by atoms with Gasteiger partial charge in [-0.2, -0.15) is 13.2 Å². The van der Waals surface area contributed by atoms with Gasteiger partial charge in [-0.15, -0.1) is 0 Å². The molecule has 0 saturated carbocycles. The van der Waals surface area contributed by atoms with E-state index in [0.717, 1.165) is 6.07 Å². The summed E-state index contributed by atoms with van der Waals surface area (Å²) in [5.41, 5.74) is -1.94. The Hall–Kier alpha value is -2.00. The Morgan fingerprint density at radius 3 is 2.20 bits per heavy atom. The minimum Gasteiger partial charge on any atom is -0.462 e. The molecule has 30 heavy (non-hydrogen) atoms. The molecule has 0 radical (unpaired) electrons. The topological polar surface area (TPSA) is 59.1 Å². The van der Waals surface area contributed by atoms with Crippen LogP contribution < -0.4 is 0 Å². The smallest absolute Gasteiger partial charge is 0.416 e. The summed E-state index contributed by atoms with van der Waals surface area (Å²) in [5.74, 6) is -0.859. The maximum Gasteiger partial charge on any atom is 0.416 e. The molecule has 0 aliphatic carbocycles. The van der Waals surface area contributed by atoms with Gasteiger partial charge in [0, 0.05) is 37.7 Å². The van der Waals surface area contributed by atoms with Crippen LogP contribution in [-0.2, 0) is 22.2 Å². The standard InChI is InChI=1S/C20H26ClF3N2O4/c1-5-29-17(27)13-10-15(20(22,23)24)14(16(21)11-13)12-25-6-8-26(9-7-25)18(28)30-19(2,3)4/h10-11H,5-9,12H2,1-4H3. The van der Waals surface area contributed by atoms with Crippen LogP contribution >= 0.6 is 11.6 Å². The lowest BCUT2D eigenvalue weighted by Crippen LogP contribution is -2.49. The van der Waals surface area contributed by atoms with Gasteiger partial charge >= 0.3 is 18.2 Å². The summed E-state index contributed by atoms with van der Waals surface area (Å²) in [4.78, 5) is 27.3. The number of amides is 1. The van der Waals surface area contributed by atoms with Crippen molar-refractivity contribution < 1.29 is 32.2 Å². The zero-order valence-electron chi connectivity index (χ0n) is 17.4. The molecular formula is C20H26ClF3N2O4. The second-order valence-corrected chi connectivity index (χ2v) is 8.35. The Bertz CT molecular complexity index is 785. The van der Waals surface area contributed by atoms with Crippen molar-refractivity contribution in [3.8, 4) is 0 Å². The highest BCUT2D eigenvalue weighted by atomic mass is 35.5. The van der Waals surface area contributed by atoms with Crippen LogP contribution in [0.25, 0.3) is 0 Å². The van der Waals surface area contributed by atoms with Gasteiger partial charge in [-0.1, -0.05) is 11.6 Å². The molecule has 0 aromatic heterocycles. The number of rotatable bonds is 4. The van der Waals surface area contributed by atoms with Crippen LogP contribution in [0.2, 0.25) is 5.02 Å². The summed E-state index contributed by atoms with van der Waals surface area (Å²) in [7, 11) is 0. The van der Waals surface area contributed by atoms with E-state index in [4.69, 9.17) is 21.1 Å². The molecule has 0 atom stereocenters. The number of esters is 1. The van der Waals surface area contributed by atoms with Crippen molar-refractivity contribution in [1.82, 2.24) is 9.80 Å². The van der Waals surface area contributed by atoms with Crippen molar-refractivity contribution in [2.24, 2.45) is 0 Å². The van der Waals surface area contributed by atoms with Crippen LogP contribution in [0, 0.1) is 0 Å². The van der Waals surface area contributed by atoms with Crippen LogP contribution in [0.4, 0.5) is 18.0 Å². The number of alkyl halides is 3. The van der Waals surface area contributed by atoms with E-state index in [1.165, 1.54) is 11.0 Å². The van der Waals surface area contributed by atoms with Crippen molar-refractivity contribution in [3.63, 3.8) is 0 Å². The van der Waals surface area contributed by atoms with Gasteiger partial charge in [-0.05, 0) is 45.4 Å². The normalized spacial score (nSPS) is 15.8. The molecule has 0 unspecified atom stereocenters. The molecular weight excluding hydrogens is 425 g/mol. The van der Waals surface area contributed by atoms with Gasteiger partial charge in [-0.25, -0.2) is 9.59 Å². The van der Waals surface area contributed by atoms with E-state index in [2.05, 4.69) is 0 Å². The number of carbonyl (C=O) groups excluding carboxylic acids is 2. The Morgan fingerprint density at radius 2 is 1.70 bits per heavy atom. The van der Waals surface area contributed by atoms with Crippen molar-refractivity contribution in [2.75, 3.05) is 32.8 Å². The first-order valence-corrected chi connectivity index (χ1v) is 9.96. The number of hydrogen-bond donors (Lipinski definition) is 0. The lowest BCUT2D eigenvalue weighted by molar-refractivity contribution is -0.138. The fourth-order valence-corrected chi connectivity index (χ4v) is 3.30. The molecule has 1 amide bonds. The van der Waals surface area contributed by atoms with E-state index < -0.39 is 29.4 Å². The molecule has 2 rings (SSSR count). The summed E-state index contributed by atoms with van der Waals surface area (Å²) >= 11 is 6.14. The van der Waals surface area contributed by atoms with E-state index in [9.17, 15) is 22.8 Å². The second kappa shape index (κ2) is 9.43. The van der Waals surface area contributed by atoms with Crippen molar-refractivity contribution in [1.29, 1.82) is 0 Å². The van der Waals surface area contributed by atoms with E-state index >= 15 is 0 Å². The predicted molar refractivity (Wildman–Crippen MR) is 105 cm³/mol. The number of piperazine rings is 1. The van der Waals surface area contributed by atoms with Crippen LogP contribution in [0.5, 0.6) is 0 Å². The Kier molecular flexibility index (Phi) is 7.63. The number of benzene rings is 1. The Balaban J connectivity index is 2.15. The van der Waals surface area contributed by atoms with Crippen LogP contribution in [0.1, 0.15) is 49.2 Å². The third kappa shape index (κ3) is 6.50. The second-order valence-electron chi connectivity index (χ2n) is 7.95. The molecule has 168 valence electrons. The SMILES string of the molecule is CCOC(=O)c1cc(Cl)c(CN2CCN(C(=O)OC(C)(C)C)CC2)c(C(F)(F)F)c1. The number of hydrogen-bond acceptors (Lipinski definition) is 5. The minimum atomic E-state index is -4.68. The summed E-state index contributed by atoms with van der Waals surface area (Å²) in [5, 5.41) is -0.151. The molecule has 1 aromatic rings. The third-order valence-corrected chi connectivity index (χ3v) is 4.75.